The SMILES string of the molecule is O=S(=O)(O)C(F)(F)F.[AlH3].[Cu]. The van der Waals surface area contributed by atoms with Crippen LogP contribution in [0.25, 0.3) is 0 Å². The Morgan fingerprint density at radius 1 is 1.20 bits per heavy atom. The van der Waals surface area contributed by atoms with Crippen molar-refractivity contribution >= 4 is 27.5 Å². The van der Waals surface area contributed by atoms with E-state index in [1.807, 2.05) is 0 Å². The van der Waals surface area contributed by atoms with Crippen molar-refractivity contribution in [2.75, 3.05) is 0 Å². The van der Waals surface area contributed by atoms with E-state index in [1.165, 1.54) is 0 Å². The van der Waals surface area contributed by atoms with Crippen LogP contribution in [0, 0.1) is 0 Å². The molecule has 0 aliphatic heterocycles. The Kier molecular flexibility index (Phi) is 7.82. The van der Waals surface area contributed by atoms with Crippen LogP contribution in [0.1, 0.15) is 0 Å². The van der Waals surface area contributed by atoms with Gasteiger partial charge < -0.3 is 0 Å². The normalized spacial score (nSPS) is 11.2. The van der Waals surface area contributed by atoms with Crippen molar-refractivity contribution in [1.82, 2.24) is 0 Å². The first kappa shape index (κ1) is 17.0. The van der Waals surface area contributed by atoms with Crippen LogP contribution in [0.4, 0.5) is 13.2 Å². The van der Waals surface area contributed by atoms with Gasteiger partial charge in [0.05, 0.1) is 0 Å². The molecule has 0 fully saturated rings. The third-order valence-corrected chi connectivity index (χ3v) is 0.877. The van der Waals surface area contributed by atoms with E-state index in [-0.39, 0.29) is 34.4 Å². The van der Waals surface area contributed by atoms with Crippen LogP contribution in [0.15, 0.2) is 0 Å². The van der Waals surface area contributed by atoms with Crippen LogP contribution in [0.2, 0.25) is 0 Å². The van der Waals surface area contributed by atoms with Crippen molar-refractivity contribution in [3.63, 3.8) is 0 Å². The number of hydrogen-bond acceptors (Lipinski definition) is 2. The van der Waals surface area contributed by atoms with Gasteiger partial charge in [-0.1, -0.05) is 0 Å². The Morgan fingerprint density at radius 3 is 1.30 bits per heavy atom. The maximum absolute atomic E-state index is 10.7. The molecule has 3 nitrogen and oxygen atoms in total. The zero-order chi connectivity index (χ0) is 7.00. The summed E-state index contributed by atoms with van der Waals surface area (Å²) in [6, 6.07) is 0. The summed E-state index contributed by atoms with van der Waals surface area (Å²) in [6.45, 7) is 0. The van der Waals surface area contributed by atoms with Gasteiger partial charge in [0.15, 0.2) is 17.4 Å². The van der Waals surface area contributed by atoms with Crippen LogP contribution in [0.5, 0.6) is 0 Å². The molecule has 0 saturated heterocycles. The number of hydrogen-bond donors (Lipinski definition) is 1. The summed E-state index contributed by atoms with van der Waals surface area (Å²) in [5.74, 6) is 0. The minimum absolute atomic E-state index is 0. The van der Waals surface area contributed by atoms with Gasteiger partial charge in [-0.2, -0.15) is 21.6 Å². The molecular formula is CH4AlCuF3O3S. The molecule has 0 rings (SSSR count). The third-order valence-electron chi connectivity index (χ3n) is 0.292. The first-order chi connectivity index (χ1) is 3.25. The van der Waals surface area contributed by atoms with Gasteiger partial charge in [-0.15, -0.1) is 0 Å². The minimum Gasteiger partial charge on any atom is -0.279 e. The second-order valence-electron chi connectivity index (χ2n) is 0.921. The standard InChI is InChI=1S/CHF3O3S.Al.Cu.3H/c2-1(3,4)8(5,6)7;;;;;/h(H,5,6,7);;;;;. The van der Waals surface area contributed by atoms with Gasteiger partial charge in [-0.3, -0.25) is 4.55 Å². The number of halogens is 3. The largest absolute Gasteiger partial charge is 0.522 e. The molecule has 0 aromatic rings. The second kappa shape index (κ2) is 4.59. The van der Waals surface area contributed by atoms with E-state index in [2.05, 4.69) is 0 Å². The van der Waals surface area contributed by atoms with Crippen molar-refractivity contribution in [1.29, 1.82) is 0 Å². The summed E-state index contributed by atoms with van der Waals surface area (Å²) in [4.78, 5) is 0. The third kappa shape index (κ3) is 5.53. The van der Waals surface area contributed by atoms with Crippen molar-refractivity contribution in [3.8, 4) is 0 Å². The fourth-order valence-electron chi connectivity index (χ4n) is 0. The first-order valence-corrected chi connectivity index (χ1v) is 2.73. The molecule has 0 saturated carbocycles. The van der Waals surface area contributed by atoms with E-state index in [4.69, 9.17) is 13.0 Å². The molecule has 0 unspecified atom stereocenters. The van der Waals surface area contributed by atoms with Crippen molar-refractivity contribution < 1.29 is 43.2 Å². The molecule has 10 heavy (non-hydrogen) atoms. The van der Waals surface area contributed by atoms with Crippen LogP contribution < -0.4 is 0 Å². The maximum Gasteiger partial charge on any atom is 0.522 e. The molecular weight excluding hydrogens is 240 g/mol. The van der Waals surface area contributed by atoms with E-state index in [0.29, 0.717) is 0 Å². The average Bonchev–Trinajstić information content (AvgIpc) is 1.25. The maximum atomic E-state index is 10.7. The molecule has 1 N–H and O–H groups in total. The van der Waals surface area contributed by atoms with Crippen molar-refractivity contribution in [2.24, 2.45) is 0 Å². The zero-order valence-corrected chi connectivity index (χ0v) is 5.37. The quantitative estimate of drug-likeness (QED) is 0.345. The molecule has 0 atom stereocenters. The van der Waals surface area contributed by atoms with E-state index < -0.39 is 15.6 Å². The predicted molar refractivity (Wildman–Crippen MR) is 27.5 cm³/mol. The Bertz CT molecular complexity index is 173. The van der Waals surface area contributed by atoms with Crippen molar-refractivity contribution in [2.45, 2.75) is 5.51 Å². The van der Waals surface area contributed by atoms with Gasteiger partial charge >= 0.3 is 15.6 Å². The van der Waals surface area contributed by atoms with E-state index >= 15 is 0 Å². The topological polar surface area (TPSA) is 54.4 Å². The second-order valence-corrected chi connectivity index (χ2v) is 2.33. The van der Waals surface area contributed by atoms with Crippen LogP contribution in [0.3, 0.4) is 0 Å². The Hall–Kier alpha value is 0.752. The van der Waals surface area contributed by atoms with Crippen molar-refractivity contribution in [3.05, 3.63) is 0 Å². The first-order valence-electron chi connectivity index (χ1n) is 1.29. The Labute approximate surface area is 76.3 Å². The molecule has 0 aromatic heterocycles. The van der Waals surface area contributed by atoms with Crippen LogP contribution in [-0.2, 0) is 27.2 Å². The average molecular weight is 244 g/mol. The van der Waals surface area contributed by atoms with E-state index in [1.54, 1.807) is 0 Å². The minimum atomic E-state index is -5.84. The van der Waals surface area contributed by atoms with Gasteiger partial charge in [0.2, 0.25) is 0 Å². The smallest absolute Gasteiger partial charge is 0.279 e. The van der Waals surface area contributed by atoms with Gasteiger partial charge in [0.1, 0.15) is 0 Å². The molecule has 0 aliphatic rings. The molecule has 0 bridgehead atoms. The molecule has 0 amide bonds. The van der Waals surface area contributed by atoms with E-state index in [9.17, 15) is 13.2 Å². The summed E-state index contributed by atoms with van der Waals surface area (Å²) < 4.78 is 57.5. The zero-order valence-electron chi connectivity index (χ0n) is 3.61. The van der Waals surface area contributed by atoms with Crippen LogP contribution in [-0.4, -0.2) is 35.8 Å². The summed E-state index contributed by atoms with van der Waals surface area (Å²) in [5, 5.41) is 0. The number of rotatable bonds is 0. The van der Waals surface area contributed by atoms with Gasteiger partial charge in [-0.05, 0) is 0 Å². The summed E-state index contributed by atoms with van der Waals surface area (Å²) >= 11 is 0. The monoisotopic (exact) mass is 243 g/mol. The molecule has 0 aromatic carbocycles. The molecule has 0 heterocycles. The summed E-state index contributed by atoms with van der Waals surface area (Å²) in [6.07, 6.45) is 0. The predicted octanol–water partition coefficient (Wildman–Crippen LogP) is -0.792. The Balaban J connectivity index is -0.000000245. The van der Waals surface area contributed by atoms with Crippen LogP contribution >= 0.6 is 0 Å². The molecule has 1 radical (unpaired) electrons. The van der Waals surface area contributed by atoms with E-state index in [0.717, 1.165) is 0 Å². The van der Waals surface area contributed by atoms with Gasteiger partial charge in [0, 0.05) is 17.1 Å². The molecule has 0 aliphatic carbocycles. The fourth-order valence-corrected chi connectivity index (χ4v) is 0. The molecule has 9 heteroatoms. The molecule has 0 spiro atoms. The Morgan fingerprint density at radius 2 is 1.30 bits per heavy atom. The summed E-state index contributed by atoms with van der Waals surface area (Å²) in [5.41, 5.74) is -5.53. The van der Waals surface area contributed by atoms with Gasteiger partial charge in [-0.25, -0.2) is 0 Å². The number of alkyl halides is 3. The summed E-state index contributed by atoms with van der Waals surface area (Å²) in [7, 11) is -5.84. The van der Waals surface area contributed by atoms with Gasteiger partial charge in [0.25, 0.3) is 0 Å². The fraction of sp³-hybridized carbons (Fsp3) is 1.00. The molecule has 67 valence electrons.